The molecule has 26 heavy (non-hydrogen) atoms. The lowest BCUT2D eigenvalue weighted by atomic mass is 10.2. The van der Waals surface area contributed by atoms with E-state index in [0.29, 0.717) is 23.4 Å². The number of benzene rings is 2. The van der Waals surface area contributed by atoms with Gasteiger partial charge in [-0.25, -0.2) is 13.2 Å². The molecule has 0 aliphatic rings. The summed E-state index contributed by atoms with van der Waals surface area (Å²) in [5, 5.41) is 0. The number of rotatable bonds is 8. The lowest BCUT2D eigenvalue weighted by Crippen LogP contribution is -2.13. The van der Waals surface area contributed by atoms with Crippen LogP contribution in [0.5, 0.6) is 0 Å². The van der Waals surface area contributed by atoms with Crippen LogP contribution >= 0.6 is 0 Å². The van der Waals surface area contributed by atoms with E-state index in [0.717, 1.165) is 12.8 Å². The maximum absolute atomic E-state index is 12.4. The SMILES string of the molecule is CCCCOC(=O)c1ccc(NS(=O)(=O)c2ccc(C(C)=O)cc2)cc1. The summed E-state index contributed by atoms with van der Waals surface area (Å²) >= 11 is 0. The lowest BCUT2D eigenvalue weighted by Gasteiger charge is -2.09. The zero-order valence-corrected chi connectivity index (χ0v) is 15.5. The van der Waals surface area contributed by atoms with Gasteiger partial charge in [0.2, 0.25) is 0 Å². The first kappa shape index (κ1) is 19.7. The van der Waals surface area contributed by atoms with Gasteiger partial charge in [0.05, 0.1) is 17.1 Å². The number of unbranched alkanes of at least 4 members (excludes halogenated alkanes) is 1. The second-order valence-corrected chi connectivity index (χ2v) is 7.44. The first-order valence-electron chi connectivity index (χ1n) is 8.24. The van der Waals surface area contributed by atoms with Crippen molar-refractivity contribution in [3.05, 3.63) is 59.7 Å². The first-order valence-corrected chi connectivity index (χ1v) is 9.73. The molecule has 0 aromatic heterocycles. The zero-order chi connectivity index (χ0) is 19.2. The van der Waals surface area contributed by atoms with Gasteiger partial charge in [0.25, 0.3) is 10.0 Å². The van der Waals surface area contributed by atoms with Crippen LogP contribution in [0.4, 0.5) is 5.69 Å². The molecule has 0 spiro atoms. The molecule has 0 amide bonds. The van der Waals surface area contributed by atoms with Crippen molar-refractivity contribution in [2.24, 2.45) is 0 Å². The van der Waals surface area contributed by atoms with Crippen molar-refractivity contribution in [3.63, 3.8) is 0 Å². The largest absolute Gasteiger partial charge is 0.462 e. The van der Waals surface area contributed by atoms with E-state index >= 15 is 0 Å². The second kappa shape index (κ2) is 8.62. The summed E-state index contributed by atoms with van der Waals surface area (Å²) in [4.78, 5) is 23.1. The number of ether oxygens (including phenoxy) is 1. The van der Waals surface area contributed by atoms with E-state index in [4.69, 9.17) is 4.74 Å². The Kier molecular flexibility index (Phi) is 6.52. The van der Waals surface area contributed by atoms with Crippen LogP contribution in [0, 0.1) is 0 Å². The van der Waals surface area contributed by atoms with E-state index in [1.165, 1.54) is 55.5 Å². The lowest BCUT2D eigenvalue weighted by molar-refractivity contribution is 0.0499. The summed E-state index contributed by atoms with van der Waals surface area (Å²) in [5.41, 5.74) is 1.12. The molecule has 138 valence electrons. The van der Waals surface area contributed by atoms with E-state index in [1.54, 1.807) is 0 Å². The molecule has 0 fully saturated rings. The van der Waals surface area contributed by atoms with Gasteiger partial charge < -0.3 is 4.74 Å². The van der Waals surface area contributed by atoms with Crippen molar-refractivity contribution in [3.8, 4) is 0 Å². The number of anilines is 1. The van der Waals surface area contributed by atoms with Crippen LogP contribution in [0.15, 0.2) is 53.4 Å². The molecule has 2 rings (SSSR count). The molecule has 7 heteroatoms. The minimum absolute atomic E-state index is 0.0468. The van der Waals surface area contributed by atoms with Gasteiger partial charge in [-0.15, -0.1) is 0 Å². The molecule has 6 nitrogen and oxygen atoms in total. The number of ketones is 1. The van der Waals surface area contributed by atoms with Gasteiger partial charge in [0.1, 0.15) is 0 Å². The van der Waals surface area contributed by atoms with E-state index in [-0.39, 0.29) is 10.7 Å². The third kappa shape index (κ3) is 5.16. The molecule has 0 aliphatic heterocycles. The molecule has 0 saturated carbocycles. The minimum Gasteiger partial charge on any atom is -0.462 e. The minimum atomic E-state index is -3.78. The van der Waals surface area contributed by atoms with Crippen molar-refractivity contribution in [2.45, 2.75) is 31.6 Å². The maximum atomic E-state index is 12.4. The molecule has 0 radical (unpaired) electrons. The molecule has 1 N–H and O–H groups in total. The average Bonchev–Trinajstić information content (AvgIpc) is 2.62. The number of nitrogens with one attached hydrogen (secondary N) is 1. The van der Waals surface area contributed by atoms with Gasteiger partial charge in [0, 0.05) is 11.3 Å². The Bertz CT molecular complexity index is 871. The third-order valence-electron chi connectivity index (χ3n) is 3.68. The van der Waals surface area contributed by atoms with Crippen LogP contribution in [-0.2, 0) is 14.8 Å². The van der Waals surface area contributed by atoms with E-state index in [9.17, 15) is 18.0 Å². The van der Waals surface area contributed by atoms with Gasteiger partial charge in [-0.3, -0.25) is 9.52 Å². The number of Topliss-reactive ketones (excluding diaryl/α,β-unsaturated/α-hetero) is 1. The number of carbonyl (C=O) groups excluding carboxylic acids is 2. The highest BCUT2D eigenvalue weighted by atomic mass is 32.2. The predicted molar refractivity (Wildman–Crippen MR) is 98.9 cm³/mol. The summed E-state index contributed by atoms with van der Waals surface area (Å²) in [6.07, 6.45) is 1.73. The van der Waals surface area contributed by atoms with Crippen LogP contribution in [-0.4, -0.2) is 26.8 Å². The Morgan fingerprint density at radius 1 is 0.962 bits per heavy atom. The maximum Gasteiger partial charge on any atom is 0.338 e. The normalized spacial score (nSPS) is 11.0. The Hall–Kier alpha value is -2.67. The van der Waals surface area contributed by atoms with Crippen molar-refractivity contribution < 1.29 is 22.7 Å². The van der Waals surface area contributed by atoms with E-state index in [1.807, 2.05) is 6.92 Å². The fraction of sp³-hybridized carbons (Fsp3) is 0.263. The summed E-state index contributed by atoms with van der Waals surface area (Å²) < 4.78 is 32.3. The molecular formula is C19H21NO5S. The van der Waals surface area contributed by atoms with Crippen LogP contribution in [0.1, 0.15) is 47.4 Å². The van der Waals surface area contributed by atoms with Gasteiger partial charge in [-0.2, -0.15) is 0 Å². The van der Waals surface area contributed by atoms with Crippen LogP contribution in [0.3, 0.4) is 0 Å². The highest BCUT2D eigenvalue weighted by molar-refractivity contribution is 7.92. The average molecular weight is 375 g/mol. The quantitative estimate of drug-likeness (QED) is 0.432. The fourth-order valence-corrected chi connectivity index (χ4v) is 3.21. The monoisotopic (exact) mass is 375 g/mol. The summed E-state index contributed by atoms with van der Waals surface area (Å²) in [5.74, 6) is -0.573. The molecule has 0 heterocycles. The number of carbonyl (C=O) groups is 2. The standard InChI is InChI=1S/C19H21NO5S/c1-3-4-13-25-19(22)16-5-9-17(10-6-16)20-26(23,24)18-11-7-15(8-12-18)14(2)21/h5-12,20H,3-4,13H2,1-2H3. The van der Waals surface area contributed by atoms with Crippen molar-refractivity contribution in [2.75, 3.05) is 11.3 Å². The van der Waals surface area contributed by atoms with Crippen LogP contribution < -0.4 is 4.72 Å². The molecule has 2 aromatic carbocycles. The number of esters is 1. The van der Waals surface area contributed by atoms with E-state index in [2.05, 4.69) is 4.72 Å². The molecule has 2 aromatic rings. The summed E-state index contributed by atoms with van der Waals surface area (Å²) in [7, 11) is -3.78. The number of hydrogen-bond donors (Lipinski definition) is 1. The molecule has 0 saturated heterocycles. The highest BCUT2D eigenvalue weighted by Gasteiger charge is 2.15. The van der Waals surface area contributed by atoms with Gasteiger partial charge >= 0.3 is 5.97 Å². The van der Waals surface area contributed by atoms with Crippen molar-refractivity contribution in [1.82, 2.24) is 0 Å². The molecule has 0 unspecified atom stereocenters. The topological polar surface area (TPSA) is 89.5 Å². The Labute approximate surface area is 153 Å². The Balaban J connectivity index is 2.07. The molecule has 0 aliphatic carbocycles. The predicted octanol–water partition coefficient (Wildman–Crippen LogP) is 3.65. The van der Waals surface area contributed by atoms with Gasteiger partial charge in [0.15, 0.2) is 5.78 Å². The Morgan fingerprint density at radius 3 is 2.08 bits per heavy atom. The van der Waals surface area contributed by atoms with E-state index < -0.39 is 16.0 Å². The second-order valence-electron chi connectivity index (χ2n) is 5.75. The smallest absolute Gasteiger partial charge is 0.338 e. The van der Waals surface area contributed by atoms with Crippen LogP contribution in [0.25, 0.3) is 0 Å². The fourth-order valence-electron chi connectivity index (χ4n) is 2.15. The van der Waals surface area contributed by atoms with Crippen LogP contribution in [0.2, 0.25) is 0 Å². The molecular weight excluding hydrogens is 354 g/mol. The van der Waals surface area contributed by atoms with Crippen molar-refractivity contribution in [1.29, 1.82) is 0 Å². The molecule has 0 atom stereocenters. The number of hydrogen-bond acceptors (Lipinski definition) is 5. The summed E-state index contributed by atoms with van der Waals surface area (Å²) in [6.45, 7) is 3.78. The zero-order valence-electron chi connectivity index (χ0n) is 14.7. The van der Waals surface area contributed by atoms with Crippen molar-refractivity contribution >= 4 is 27.5 Å². The Morgan fingerprint density at radius 2 is 1.54 bits per heavy atom. The number of sulfonamides is 1. The molecule has 0 bridgehead atoms. The third-order valence-corrected chi connectivity index (χ3v) is 5.07. The first-order chi connectivity index (χ1) is 12.3. The summed E-state index contributed by atoms with van der Waals surface area (Å²) in [6, 6.07) is 11.7. The van der Waals surface area contributed by atoms with Gasteiger partial charge in [-0.05, 0) is 49.7 Å². The highest BCUT2D eigenvalue weighted by Crippen LogP contribution is 2.18. The van der Waals surface area contributed by atoms with Gasteiger partial charge in [-0.1, -0.05) is 25.5 Å².